The Morgan fingerprint density at radius 1 is 1.17 bits per heavy atom. The van der Waals surface area contributed by atoms with Gasteiger partial charge in [-0.2, -0.15) is 0 Å². The van der Waals surface area contributed by atoms with Gasteiger partial charge in [-0.15, -0.1) is 0 Å². The van der Waals surface area contributed by atoms with Crippen LogP contribution in [-0.2, 0) is 22.5 Å². The fraction of sp³-hybridized carbons (Fsp3) is 0.435. The Balaban J connectivity index is 1.44. The van der Waals surface area contributed by atoms with Crippen LogP contribution in [0.4, 0.5) is 9.18 Å². The molecule has 2 saturated heterocycles. The van der Waals surface area contributed by atoms with Gasteiger partial charge < -0.3 is 14.6 Å². The highest BCUT2D eigenvalue weighted by molar-refractivity contribution is 5.69. The number of amides is 1. The van der Waals surface area contributed by atoms with Crippen LogP contribution >= 0.6 is 0 Å². The summed E-state index contributed by atoms with van der Waals surface area (Å²) in [4.78, 5) is 14.5. The molecule has 2 unspecified atom stereocenters. The van der Waals surface area contributed by atoms with Crippen molar-refractivity contribution in [2.24, 2.45) is 0 Å². The lowest BCUT2D eigenvalue weighted by Crippen LogP contribution is -2.64. The van der Waals surface area contributed by atoms with Crippen molar-refractivity contribution < 1.29 is 23.8 Å². The molecule has 0 aliphatic carbocycles. The predicted octanol–water partition coefficient (Wildman–Crippen LogP) is 3.61. The number of aryl methyl sites for hydroxylation is 1. The number of hydrogen-bond donors (Lipinski definition) is 1. The minimum atomic E-state index is -1.00. The number of piperidine rings is 1. The molecular formula is C23H26FNO4. The number of morpholine rings is 1. The van der Waals surface area contributed by atoms with Crippen molar-refractivity contribution in [1.82, 2.24) is 4.90 Å². The van der Waals surface area contributed by atoms with Crippen LogP contribution in [0.3, 0.4) is 0 Å². The topological polar surface area (TPSA) is 59.0 Å². The maximum Gasteiger partial charge on any atom is 0.410 e. The van der Waals surface area contributed by atoms with Gasteiger partial charge in [0.2, 0.25) is 0 Å². The lowest BCUT2D eigenvalue weighted by atomic mass is 9.77. The molecule has 2 aromatic carbocycles. The summed E-state index contributed by atoms with van der Waals surface area (Å²) in [5, 5.41) is 11.2. The molecule has 2 fully saturated rings. The number of aliphatic hydroxyl groups is 1. The van der Waals surface area contributed by atoms with E-state index in [-0.39, 0.29) is 30.6 Å². The van der Waals surface area contributed by atoms with Gasteiger partial charge in [-0.1, -0.05) is 42.5 Å². The smallest absolute Gasteiger partial charge is 0.410 e. The molecule has 2 heterocycles. The number of benzene rings is 2. The van der Waals surface area contributed by atoms with Gasteiger partial charge in [-0.3, -0.25) is 4.90 Å². The first-order chi connectivity index (χ1) is 13.9. The van der Waals surface area contributed by atoms with E-state index in [9.17, 15) is 14.3 Å². The Labute approximate surface area is 170 Å². The predicted molar refractivity (Wildman–Crippen MR) is 106 cm³/mol. The third-order valence-corrected chi connectivity index (χ3v) is 5.82. The second kappa shape index (κ2) is 8.13. The Kier molecular flexibility index (Phi) is 5.56. The van der Waals surface area contributed by atoms with Crippen molar-refractivity contribution in [3.8, 4) is 0 Å². The minimum absolute atomic E-state index is 0.212. The molecule has 2 aromatic rings. The second-order valence-corrected chi connectivity index (χ2v) is 8.19. The van der Waals surface area contributed by atoms with E-state index in [4.69, 9.17) is 9.47 Å². The summed E-state index contributed by atoms with van der Waals surface area (Å²) in [5.74, 6) is -0.267. The maximum atomic E-state index is 13.9. The molecule has 2 aliphatic rings. The van der Waals surface area contributed by atoms with Gasteiger partial charge in [-0.25, -0.2) is 9.18 Å². The molecule has 5 nitrogen and oxygen atoms in total. The van der Waals surface area contributed by atoms with E-state index >= 15 is 0 Å². The third kappa shape index (κ3) is 4.43. The van der Waals surface area contributed by atoms with Crippen LogP contribution in [0.15, 0.2) is 48.5 Å². The monoisotopic (exact) mass is 399 g/mol. The van der Waals surface area contributed by atoms with Gasteiger partial charge in [-0.05, 0) is 42.5 Å². The van der Waals surface area contributed by atoms with Crippen molar-refractivity contribution >= 4 is 6.09 Å². The summed E-state index contributed by atoms with van der Waals surface area (Å²) < 4.78 is 25.1. The lowest BCUT2D eigenvalue weighted by molar-refractivity contribution is -0.132. The molecule has 2 aliphatic heterocycles. The average molecular weight is 399 g/mol. The Bertz CT molecular complexity index is 858. The van der Waals surface area contributed by atoms with Gasteiger partial charge in [0.25, 0.3) is 0 Å². The number of fused-ring (bicyclic) bond motifs is 2. The van der Waals surface area contributed by atoms with Crippen molar-refractivity contribution in [2.75, 3.05) is 13.2 Å². The molecular weight excluding hydrogens is 373 g/mol. The molecule has 0 radical (unpaired) electrons. The first kappa shape index (κ1) is 19.9. The summed E-state index contributed by atoms with van der Waals surface area (Å²) >= 11 is 0. The normalized spacial score (nSPS) is 26.2. The molecule has 1 amide bonds. The van der Waals surface area contributed by atoms with E-state index in [1.807, 2.05) is 36.4 Å². The zero-order valence-electron chi connectivity index (χ0n) is 16.5. The highest BCUT2D eigenvalue weighted by Crippen LogP contribution is 2.37. The summed E-state index contributed by atoms with van der Waals surface area (Å²) in [6.45, 7) is 2.65. The molecule has 154 valence electrons. The highest BCUT2D eigenvalue weighted by Gasteiger charge is 2.48. The van der Waals surface area contributed by atoms with Crippen LogP contribution in [0.2, 0.25) is 0 Å². The number of ether oxygens (including phenoxy) is 2. The first-order valence-electron chi connectivity index (χ1n) is 9.98. The van der Waals surface area contributed by atoms with Crippen LogP contribution in [0.25, 0.3) is 0 Å². The molecule has 0 aromatic heterocycles. The molecule has 6 heteroatoms. The summed E-state index contributed by atoms with van der Waals surface area (Å²) in [7, 11) is 0. The van der Waals surface area contributed by atoms with E-state index in [0.717, 1.165) is 11.1 Å². The van der Waals surface area contributed by atoms with Crippen molar-refractivity contribution in [1.29, 1.82) is 0 Å². The molecule has 1 N–H and O–H groups in total. The number of carbonyl (C=O) groups is 1. The van der Waals surface area contributed by atoms with Crippen molar-refractivity contribution in [3.05, 3.63) is 71.0 Å². The number of hydrogen-bond acceptors (Lipinski definition) is 4. The molecule has 4 rings (SSSR count). The Morgan fingerprint density at radius 2 is 1.86 bits per heavy atom. The van der Waals surface area contributed by atoms with Crippen LogP contribution < -0.4 is 0 Å². The van der Waals surface area contributed by atoms with E-state index in [0.29, 0.717) is 38.0 Å². The van der Waals surface area contributed by atoms with Gasteiger partial charge in [0.1, 0.15) is 12.4 Å². The summed E-state index contributed by atoms with van der Waals surface area (Å²) in [5.41, 5.74) is 1.27. The largest absolute Gasteiger partial charge is 0.445 e. The van der Waals surface area contributed by atoms with Crippen LogP contribution in [0.1, 0.15) is 29.5 Å². The molecule has 29 heavy (non-hydrogen) atoms. The second-order valence-electron chi connectivity index (χ2n) is 8.19. The number of nitrogens with zero attached hydrogens (tertiary/aromatic N) is 1. The van der Waals surface area contributed by atoms with Crippen LogP contribution in [0.5, 0.6) is 0 Å². The number of carbonyl (C=O) groups excluding carboxylic acids is 1. The SMILES string of the molecule is Cc1ccc(CC2(O)CC3COCC(C2)N3C(=O)OCc2ccccc2)cc1F. The third-order valence-electron chi connectivity index (χ3n) is 5.82. The van der Waals surface area contributed by atoms with Crippen LogP contribution in [-0.4, -0.2) is 47.0 Å². The lowest BCUT2D eigenvalue weighted by Gasteiger charge is -2.51. The zero-order valence-corrected chi connectivity index (χ0v) is 16.5. The molecule has 2 atom stereocenters. The van der Waals surface area contributed by atoms with Crippen molar-refractivity contribution in [2.45, 2.75) is 50.5 Å². The Morgan fingerprint density at radius 3 is 2.52 bits per heavy atom. The van der Waals surface area contributed by atoms with E-state index in [2.05, 4.69) is 0 Å². The maximum absolute atomic E-state index is 13.9. The van der Waals surface area contributed by atoms with E-state index in [1.165, 1.54) is 6.07 Å². The summed E-state index contributed by atoms with van der Waals surface area (Å²) in [6.07, 6.45) is 0.721. The molecule has 0 saturated carbocycles. The minimum Gasteiger partial charge on any atom is -0.445 e. The van der Waals surface area contributed by atoms with Gasteiger partial charge in [0.15, 0.2) is 0 Å². The molecule has 2 bridgehead atoms. The van der Waals surface area contributed by atoms with Gasteiger partial charge in [0.05, 0.1) is 30.9 Å². The zero-order chi connectivity index (χ0) is 20.4. The number of halogens is 1. The Hall–Kier alpha value is -2.44. The number of rotatable bonds is 4. The average Bonchev–Trinajstić information content (AvgIpc) is 2.69. The highest BCUT2D eigenvalue weighted by atomic mass is 19.1. The van der Waals surface area contributed by atoms with E-state index < -0.39 is 5.60 Å². The standard InChI is InChI=1S/C23H26FNO4/c1-16-7-8-18(9-21(16)24)10-23(27)11-19-14-28-15-20(12-23)25(19)22(26)29-13-17-5-3-2-4-6-17/h2-9,19-20,27H,10-15H2,1H3. The molecule has 0 spiro atoms. The fourth-order valence-corrected chi connectivity index (χ4v) is 4.44. The first-order valence-corrected chi connectivity index (χ1v) is 9.98. The van der Waals surface area contributed by atoms with Crippen molar-refractivity contribution in [3.63, 3.8) is 0 Å². The van der Waals surface area contributed by atoms with E-state index in [1.54, 1.807) is 17.9 Å². The quantitative estimate of drug-likeness (QED) is 0.853. The fourth-order valence-electron chi connectivity index (χ4n) is 4.44. The van der Waals surface area contributed by atoms with Gasteiger partial charge >= 0.3 is 6.09 Å². The summed E-state index contributed by atoms with van der Waals surface area (Å²) in [6, 6.07) is 14.1. The van der Waals surface area contributed by atoms with Crippen LogP contribution in [0, 0.1) is 12.7 Å². The van der Waals surface area contributed by atoms with Gasteiger partial charge in [0, 0.05) is 6.42 Å².